The van der Waals surface area contributed by atoms with Crippen LogP contribution in [0.25, 0.3) is 11.8 Å². The van der Waals surface area contributed by atoms with Crippen molar-refractivity contribution in [2.75, 3.05) is 0 Å². The Balaban J connectivity index is 2.01. The number of nitro groups is 1. The molecule has 29 heavy (non-hydrogen) atoms. The number of rotatable bonds is 5. The molecule has 0 aliphatic heterocycles. The van der Waals surface area contributed by atoms with Crippen LogP contribution in [0.2, 0.25) is 0 Å². The van der Waals surface area contributed by atoms with Crippen molar-refractivity contribution in [3.05, 3.63) is 98.6 Å². The smallest absolute Gasteiger partial charge is 0.269 e. The third-order valence-corrected chi connectivity index (χ3v) is 4.55. The van der Waals surface area contributed by atoms with Gasteiger partial charge in [-0.2, -0.15) is 5.26 Å². The normalized spacial score (nSPS) is 11.2. The number of ketones is 1. The summed E-state index contributed by atoms with van der Waals surface area (Å²) in [5.74, 6) is -0.920. The number of aryl methyl sites for hydroxylation is 1. The van der Waals surface area contributed by atoms with Gasteiger partial charge in [-0.15, -0.1) is 0 Å². The van der Waals surface area contributed by atoms with Gasteiger partial charge in [0.05, 0.1) is 10.6 Å². The highest BCUT2D eigenvalue weighted by Crippen LogP contribution is 2.25. The Morgan fingerprint density at radius 2 is 1.83 bits per heavy atom. The number of nitro benzene ring substituents is 1. The molecule has 0 radical (unpaired) electrons. The second-order valence-electron chi connectivity index (χ2n) is 6.42. The second-order valence-corrected chi connectivity index (χ2v) is 6.42. The first kappa shape index (κ1) is 19.7. The molecule has 0 N–H and O–H groups in total. The van der Waals surface area contributed by atoms with Gasteiger partial charge >= 0.3 is 0 Å². The molecule has 0 unspecified atom stereocenters. The molecule has 0 aliphatic carbocycles. The number of halogens is 1. The van der Waals surface area contributed by atoms with Crippen LogP contribution in [0.1, 0.15) is 27.3 Å². The zero-order valence-electron chi connectivity index (χ0n) is 15.7. The summed E-state index contributed by atoms with van der Waals surface area (Å²) in [6.45, 7) is 3.44. The summed E-state index contributed by atoms with van der Waals surface area (Å²) in [6.07, 6.45) is 1.38. The van der Waals surface area contributed by atoms with E-state index in [1.165, 1.54) is 36.4 Å². The van der Waals surface area contributed by atoms with Crippen LogP contribution >= 0.6 is 0 Å². The lowest BCUT2D eigenvalue weighted by Crippen LogP contribution is -2.06. The van der Waals surface area contributed by atoms with Crippen LogP contribution in [-0.4, -0.2) is 15.3 Å². The summed E-state index contributed by atoms with van der Waals surface area (Å²) in [7, 11) is 0. The molecule has 0 bridgehead atoms. The van der Waals surface area contributed by atoms with E-state index in [4.69, 9.17) is 0 Å². The van der Waals surface area contributed by atoms with Crippen LogP contribution in [0.5, 0.6) is 0 Å². The lowest BCUT2D eigenvalue weighted by molar-refractivity contribution is -0.384. The van der Waals surface area contributed by atoms with E-state index >= 15 is 0 Å². The van der Waals surface area contributed by atoms with Crippen molar-refractivity contribution in [3.63, 3.8) is 0 Å². The van der Waals surface area contributed by atoms with Crippen LogP contribution in [0.4, 0.5) is 10.1 Å². The first-order valence-corrected chi connectivity index (χ1v) is 8.68. The molecular weight excluding hydrogens is 373 g/mol. The molecule has 1 heterocycles. The largest absolute Gasteiger partial charge is 0.315 e. The number of nitriles is 1. The predicted octanol–water partition coefficient (Wildman–Crippen LogP) is 4.93. The minimum atomic E-state index is -0.526. The van der Waals surface area contributed by atoms with E-state index in [1.807, 2.05) is 6.07 Å². The standard InChI is InChI=1S/C22H16FN3O3/c1-14-11-19(15(2)25(14)21-6-4-3-5-20(21)23)22(27)17(13-24)12-16-7-9-18(10-8-16)26(28)29/h3-12H,1-2H3/b17-12+. The topological polar surface area (TPSA) is 88.9 Å². The molecular formula is C22H16FN3O3. The first-order valence-electron chi connectivity index (χ1n) is 8.68. The van der Waals surface area contributed by atoms with Crippen LogP contribution in [0.15, 0.2) is 60.2 Å². The fourth-order valence-electron chi connectivity index (χ4n) is 3.15. The van der Waals surface area contributed by atoms with Crippen molar-refractivity contribution in [2.24, 2.45) is 0 Å². The van der Waals surface area contributed by atoms with Crippen molar-refractivity contribution in [1.29, 1.82) is 5.26 Å². The number of carbonyl (C=O) groups excluding carboxylic acids is 1. The van der Waals surface area contributed by atoms with Gasteiger partial charge in [0.25, 0.3) is 5.69 Å². The third kappa shape index (κ3) is 3.82. The van der Waals surface area contributed by atoms with E-state index in [9.17, 15) is 24.6 Å². The number of Topliss-reactive ketones (excluding diaryl/α,β-unsaturated/α-hetero) is 1. The van der Waals surface area contributed by atoms with Gasteiger partial charge in [-0.3, -0.25) is 14.9 Å². The van der Waals surface area contributed by atoms with Crippen molar-refractivity contribution in [2.45, 2.75) is 13.8 Å². The van der Waals surface area contributed by atoms with E-state index < -0.39 is 16.5 Å². The maximum atomic E-state index is 14.2. The molecule has 2 aromatic carbocycles. The highest BCUT2D eigenvalue weighted by molar-refractivity contribution is 6.14. The van der Waals surface area contributed by atoms with Gasteiger partial charge in [0, 0.05) is 29.1 Å². The zero-order chi connectivity index (χ0) is 21.1. The molecule has 6 nitrogen and oxygen atoms in total. The number of nitrogens with zero attached hydrogens (tertiary/aromatic N) is 3. The number of non-ortho nitro benzene ring substituents is 1. The van der Waals surface area contributed by atoms with E-state index in [2.05, 4.69) is 0 Å². The van der Waals surface area contributed by atoms with Crippen LogP contribution in [0, 0.1) is 41.1 Å². The SMILES string of the molecule is Cc1cc(C(=O)/C(C#N)=C/c2ccc([N+](=O)[O-])cc2)c(C)n1-c1ccccc1F. The summed E-state index contributed by atoms with van der Waals surface area (Å²) in [5.41, 5.74) is 2.07. The molecule has 3 rings (SSSR count). The summed E-state index contributed by atoms with van der Waals surface area (Å²) >= 11 is 0. The molecule has 0 amide bonds. The van der Waals surface area contributed by atoms with Gasteiger partial charge in [0.1, 0.15) is 17.5 Å². The maximum absolute atomic E-state index is 14.2. The minimum absolute atomic E-state index is 0.0829. The molecule has 3 aromatic rings. The average Bonchev–Trinajstić information content (AvgIpc) is 3.00. The van der Waals surface area contributed by atoms with Gasteiger partial charge in [-0.05, 0) is 55.8 Å². The highest BCUT2D eigenvalue weighted by Gasteiger charge is 2.21. The van der Waals surface area contributed by atoms with E-state index in [1.54, 1.807) is 42.7 Å². The molecule has 0 spiro atoms. The summed E-state index contributed by atoms with van der Waals surface area (Å²) in [5, 5.41) is 20.2. The molecule has 1 aromatic heterocycles. The Kier molecular flexibility index (Phi) is 5.37. The third-order valence-electron chi connectivity index (χ3n) is 4.55. The molecule has 144 valence electrons. The van der Waals surface area contributed by atoms with Crippen LogP contribution in [-0.2, 0) is 0 Å². The summed E-state index contributed by atoms with van der Waals surface area (Å²) < 4.78 is 15.9. The van der Waals surface area contributed by atoms with Crippen molar-refractivity contribution in [1.82, 2.24) is 4.57 Å². The Hall–Kier alpha value is -4.05. The summed E-state index contributed by atoms with van der Waals surface area (Å²) in [6, 6.07) is 15.3. The average molecular weight is 389 g/mol. The van der Waals surface area contributed by atoms with Crippen molar-refractivity contribution >= 4 is 17.5 Å². The number of benzene rings is 2. The first-order chi connectivity index (χ1) is 13.8. The van der Waals surface area contributed by atoms with Gasteiger partial charge in [-0.1, -0.05) is 12.1 Å². The number of para-hydroxylation sites is 1. The Labute approximate surface area is 166 Å². The number of hydrogen-bond acceptors (Lipinski definition) is 4. The number of hydrogen-bond donors (Lipinski definition) is 0. The van der Waals surface area contributed by atoms with E-state index in [0.717, 1.165) is 0 Å². The lowest BCUT2D eigenvalue weighted by atomic mass is 10.0. The Morgan fingerprint density at radius 1 is 1.17 bits per heavy atom. The monoisotopic (exact) mass is 389 g/mol. The fraction of sp³-hybridized carbons (Fsp3) is 0.0909. The van der Waals surface area contributed by atoms with Crippen LogP contribution in [0.3, 0.4) is 0 Å². The number of allylic oxidation sites excluding steroid dienone is 1. The van der Waals surface area contributed by atoms with Crippen molar-refractivity contribution in [3.8, 4) is 11.8 Å². The highest BCUT2D eigenvalue weighted by atomic mass is 19.1. The predicted molar refractivity (Wildman–Crippen MR) is 106 cm³/mol. The van der Waals surface area contributed by atoms with Crippen molar-refractivity contribution < 1.29 is 14.1 Å². The van der Waals surface area contributed by atoms with Crippen LogP contribution < -0.4 is 0 Å². The molecule has 0 aliphatic rings. The molecule has 0 saturated carbocycles. The van der Waals surface area contributed by atoms with Gasteiger partial charge in [0.2, 0.25) is 5.78 Å². The summed E-state index contributed by atoms with van der Waals surface area (Å²) in [4.78, 5) is 23.2. The molecule has 0 atom stereocenters. The van der Waals surface area contributed by atoms with Gasteiger partial charge in [-0.25, -0.2) is 4.39 Å². The quantitative estimate of drug-likeness (QED) is 0.203. The Morgan fingerprint density at radius 3 is 2.41 bits per heavy atom. The second kappa shape index (κ2) is 7.90. The fourth-order valence-corrected chi connectivity index (χ4v) is 3.15. The number of aromatic nitrogens is 1. The zero-order valence-corrected chi connectivity index (χ0v) is 15.7. The maximum Gasteiger partial charge on any atom is 0.269 e. The molecule has 0 fully saturated rings. The van der Waals surface area contributed by atoms with Gasteiger partial charge in [0.15, 0.2) is 0 Å². The van der Waals surface area contributed by atoms with E-state index in [-0.39, 0.29) is 11.3 Å². The Bertz CT molecular complexity index is 1190. The lowest BCUT2D eigenvalue weighted by Gasteiger charge is -2.10. The minimum Gasteiger partial charge on any atom is -0.315 e. The molecule has 0 saturated heterocycles. The van der Waals surface area contributed by atoms with E-state index in [0.29, 0.717) is 28.2 Å². The van der Waals surface area contributed by atoms with Gasteiger partial charge < -0.3 is 4.57 Å². The number of carbonyl (C=O) groups is 1. The molecule has 7 heteroatoms.